The van der Waals surface area contributed by atoms with E-state index in [1.807, 2.05) is 0 Å². The number of carbonyl (C=O) groups is 1. The molecule has 0 saturated heterocycles. The number of hydrogen-bond acceptors (Lipinski definition) is 7. The third kappa shape index (κ3) is 12.5. The zero-order valence-electron chi connectivity index (χ0n) is 8.87. The molecule has 5 nitrogen and oxygen atoms in total. The first-order chi connectivity index (χ1) is 7.10. The lowest BCUT2D eigenvalue weighted by Crippen LogP contribution is -2.29. The monoisotopic (exact) mass is 290 g/mol. The van der Waals surface area contributed by atoms with Gasteiger partial charge in [-0.2, -0.15) is 37.9 Å². The Morgan fingerprint density at radius 1 is 1.06 bits per heavy atom. The van der Waals surface area contributed by atoms with Gasteiger partial charge >= 0.3 is 5.97 Å². The minimum Gasteiger partial charge on any atom is -0.481 e. The molecule has 0 fully saturated rings. The summed E-state index contributed by atoms with van der Waals surface area (Å²) in [7, 11) is 0. The van der Waals surface area contributed by atoms with Crippen LogP contribution in [0.2, 0.25) is 0 Å². The summed E-state index contributed by atoms with van der Waals surface area (Å²) in [6.07, 6.45) is -0.164. The molecule has 0 radical (unpaired) electrons. The van der Waals surface area contributed by atoms with E-state index in [2.05, 4.69) is 37.9 Å². The molecule has 0 aliphatic carbocycles. The topological polar surface area (TPSA) is 98.0 Å². The minimum absolute atomic E-state index is 0.164. The maximum atomic E-state index is 9.87. The summed E-state index contributed by atoms with van der Waals surface area (Å²) in [4.78, 5) is 9.87. The fourth-order valence-corrected chi connectivity index (χ4v) is 0.759. The van der Waals surface area contributed by atoms with Crippen LogP contribution in [0.25, 0.3) is 0 Å². The number of aliphatic carboxylic acids is 1. The van der Waals surface area contributed by atoms with Crippen molar-refractivity contribution in [2.24, 2.45) is 5.41 Å². The van der Waals surface area contributed by atoms with Crippen molar-refractivity contribution in [3.05, 3.63) is 0 Å². The predicted octanol–water partition coefficient (Wildman–Crippen LogP) is -0.126. The Labute approximate surface area is 111 Å². The predicted molar refractivity (Wildman–Crippen MR) is 71.3 cm³/mol. The van der Waals surface area contributed by atoms with Crippen LogP contribution in [0.3, 0.4) is 0 Å². The average molecular weight is 290 g/mol. The zero-order valence-corrected chi connectivity index (χ0v) is 11.6. The van der Waals surface area contributed by atoms with Crippen molar-refractivity contribution in [3.63, 3.8) is 0 Å². The van der Waals surface area contributed by atoms with Gasteiger partial charge in [-0.3, -0.25) is 4.79 Å². The van der Waals surface area contributed by atoms with Crippen LogP contribution in [-0.4, -0.2) is 49.6 Å². The Balaban J connectivity index is 0. The minimum atomic E-state index is -0.994. The summed E-state index contributed by atoms with van der Waals surface area (Å²) >= 11 is 11.2. The first-order valence-electron chi connectivity index (χ1n) is 4.32. The third-order valence-electron chi connectivity index (χ3n) is 1.53. The molecule has 98 valence electrons. The molecule has 0 aromatic heterocycles. The average Bonchev–Trinajstić information content (AvgIpc) is 2.14. The molecule has 0 heterocycles. The molecule has 4 N–H and O–H groups in total. The van der Waals surface area contributed by atoms with E-state index in [1.165, 1.54) is 0 Å². The smallest absolute Gasteiger partial charge is 0.306 e. The molecule has 0 aliphatic heterocycles. The third-order valence-corrected chi connectivity index (χ3v) is 2.01. The zero-order chi connectivity index (χ0) is 13.4. The van der Waals surface area contributed by atoms with E-state index >= 15 is 0 Å². The van der Waals surface area contributed by atoms with E-state index in [9.17, 15) is 4.79 Å². The van der Waals surface area contributed by atoms with Gasteiger partial charge in [-0.05, 0) is 0 Å². The Morgan fingerprint density at radius 2 is 1.38 bits per heavy atom. The number of aliphatic hydroxyl groups is 3. The van der Waals surface area contributed by atoms with Crippen molar-refractivity contribution in [2.45, 2.75) is 16.8 Å². The van der Waals surface area contributed by atoms with Crippen LogP contribution in [0.5, 0.6) is 0 Å². The second kappa shape index (κ2) is 8.48. The van der Waals surface area contributed by atoms with Crippen LogP contribution in [-0.2, 0) is 4.79 Å². The van der Waals surface area contributed by atoms with Crippen LogP contribution in [0, 0.1) is 5.41 Å². The summed E-state index contributed by atoms with van der Waals surface area (Å²) < 4.78 is -0.994. The highest BCUT2D eigenvalue weighted by Gasteiger charge is 2.20. The van der Waals surface area contributed by atoms with Gasteiger partial charge in [0.25, 0.3) is 0 Å². The van der Waals surface area contributed by atoms with Gasteiger partial charge in [0.15, 0.2) is 0 Å². The summed E-state index contributed by atoms with van der Waals surface area (Å²) in [5.41, 5.74) is -0.708. The summed E-state index contributed by atoms with van der Waals surface area (Å²) in [6, 6.07) is 0. The van der Waals surface area contributed by atoms with Crippen molar-refractivity contribution in [1.29, 1.82) is 0 Å². The van der Waals surface area contributed by atoms with Gasteiger partial charge in [0.1, 0.15) is 3.41 Å². The van der Waals surface area contributed by atoms with Crippen molar-refractivity contribution in [2.75, 3.05) is 19.8 Å². The van der Waals surface area contributed by atoms with Crippen LogP contribution < -0.4 is 0 Å². The van der Waals surface area contributed by atoms with Crippen molar-refractivity contribution in [1.82, 2.24) is 0 Å². The lowest BCUT2D eigenvalue weighted by atomic mass is 9.95. The van der Waals surface area contributed by atoms with Crippen LogP contribution >= 0.6 is 37.9 Å². The number of thiol groups is 3. The molecule has 16 heavy (non-hydrogen) atoms. The summed E-state index contributed by atoms with van der Waals surface area (Å²) in [6.45, 7) is 1.06. The molecular formula is C8H18O5S3. The Morgan fingerprint density at radius 3 is 1.38 bits per heavy atom. The van der Waals surface area contributed by atoms with Crippen molar-refractivity contribution >= 4 is 43.9 Å². The van der Waals surface area contributed by atoms with Crippen molar-refractivity contribution < 1.29 is 25.2 Å². The lowest BCUT2D eigenvalue weighted by molar-refractivity contribution is -0.136. The maximum Gasteiger partial charge on any atom is 0.306 e. The number of aliphatic hydroxyl groups excluding tert-OH is 3. The van der Waals surface area contributed by atoms with Crippen LogP contribution in [0.4, 0.5) is 0 Å². The molecule has 0 aliphatic rings. The Hall–Kier alpha value is 0.400. The van der Waals surface area contributed by atoms with Gasteiger partial charge in [0.05, 0.1) is 26.2 Å². The molecule has 0 spiro atoms. The molecule has 0 amide bonds. The number of rotatable bonds is 5. The van der Waals surface area contributed by atoms with Crippen LogP contribution in [0.1, 0.15) is 13.3 Å². The van der Waals surface area contributed by atoms with Gasteiger partial charge in [-0.15, -0.1) is 0 Å². The SMILES string of the molecule is CC(CO)(CO)CO.O=C(O)CC(S)(S)S. The standard InChI is InChI=1S/C5H12O3.C3H6O2S3/c1-5(2-6,3-7)4-8;4-2(5)1-3(6,7)8/h6-8H,2-4H2,1H3;6-8H,1H2,(H,4,5). The fourth-order valence-electron chi connectivity index (χ4n) is 0.353. The normalized spacial score (nSPS) is 11.7. The van der Waals surface area contributed by atoms with E-state index in [-0.39, 0.29) is 26.2 Å². The second-order valence-electron chi connectivity index (χ2n) is 3.63. The highest BCUT2D eigenvalue weighted by atomic mass is 32.2. The molecule has 0 aromatic rings. The highest BCUT2D eigenvalue weighted by Crippen LogP contribution is 2.27. The quantitative estimate of drug-likeness (QED) is 0.283. The first kappa shape index (κ1) is 18.8. The Kier molecular flexibility index (Phi) is 9.95. The van der Waals surface area contributed by atoms with E-state index in [4.69, 9.17) is 20.4 Å². The molecular weight excluding hydrogens is 272 g/mol. The maximum absolute atomic E-state index is 9.87. The van der Waals surface area contributed by atoms with Crippen molar-refractivity contribution in [3.8, 4) is 0 Å². The molecule has 0 atom stereocenters. The van der Waals surface area contributed by atoms with Gasteiger partial charge in [0.2, 0.25) is 0 Å². The molecule has 0 aromatic carbocycles. The van der Waals surface area contributed by atoms with Gasteiger partial charge < -0.3 is 20.4 Å². The van der Waals surface area contributed by atoms with Gasteiger partial charge in [-0.25, -0.2) is 0 Å². The molecule has 0 unspecified atom stereocenters. The molecule has 8 heteroatoms. The number of carboxylic acids is 1. The molecule has 0 rings (SSSR count). The first-order valence-corrected chi connectivity index (χ1v) is 5.66. The fraction of sp³-hybridized carbons (Fsp3) is 0.875. The van der Waals surface area contributed by atoms with Crippen LogP contribution in [0.15, 0.2) is 0 Å². The van der Waals surface area contributed by atoms with Gasteiger partial charge in [0, 0.05) is 5.41 Å². The number of carboxylic acid groups (broad SMARTS) is 1. The summed E-state index contributed by atoms with van der Waals surface area (Å²) in [5, 5.41) is 33.5. The number of hydrogen-bond donors (Lipinski definition) is 7. The van der Waals surface area contributed by atoms with Gasteiger partial charge in [-0.1, -0.05) is 6.92 Å². The Bertz CT molecular complexity index is 192. The van der Waals surface area contributed by atoms with E-state index < -0.39 is 14.8 Å². The largest absolute Gasteiger partial charge is 0.481 e. The van der Waals surface area contributed by atoms with E-state index in [1.54, 1.807) is 6.92 Å². The second-order valence-corrected chi connectivity index (χ2v) is 6.98. The van der Waals surface area contributed by atoms with E-state index in [0.29, 0.717) is 0 Å². The van der Waals surface area contributed by atoms with E-state index in [0.717, 1.165) is 0 Å². The summed E-state index contributed by atoms with van der Waals surface area (Å²) in [5.74, 6) is -0.954. The highest BCUT2D eigenvalue weighted by molar-refractivity contribution is 8.17. The molecule has 0 bridgehead atoms. The molecule has 0 saturated carbocycles. The lowest BCUT2D eigenvalue weighted by Gasteiger charge is -2.20.